The SMILES string of the molecule is CC(C)c1ccc(NC2=C(c3ccc(F)cc3)C(=O)N(c3ccc(C(C)(C)C)cc3)C2=O)cc1. The predicted octanol–water partition coefficient (Wildman–Crippen LogP) is 6.64. The summed E-state index contributed by atoms with van der Waals surface area (Å²) in [7, 11) is 0. The number of hydrogen-bond donors (Lipinski definition) is 1. The first-order valence-corrected chi connectivity index (χ1v) is 11.4. The Kier molecular flexibility index (Phi) is 6.13. The Labute approximate surface area is 200 Å². The van der Waals surface area contributed by atoms with Crippen LogP contribution in [0.5, 0.6) is 0 Å². The van der Waals surface area contributed by atoms with Crippen LogP contribution in [0.15, 0.2) is 78.5 Å². The van der Waals surface area contributed by atoms with Gasteiger partial charge in [-0.2, -0.15) is 0 Å². The van der Waals surface area contributed by atoms with Gasteiger partial charge < -0.3 is 5.32 Å². The number of nitrogens with zero attached hydrogens (tertiary/aromatic N) is 1. The first kappa shape index (κ1) is 23.4. The van der Waals surface area contributed by atoms with Crippen molar-refractivity contribution in [2.45, 2.75) is 46.0 Å². The van der Waals surface area contributed by atoms with Gasteiger partial charge in [-0.1, -0.05) is 71.0 Å². The van der Waals surface area contributed by atoms with E-state index in [0.29, 0.717) is 22.9 Å². The zero-order valence-electron chi connectivity index (χ0n) is 20.1. The Morgan fingerprint density at radius 2 is 1.38 bits per heavy atom. The third kappa shape index (κ3) is 4.51. The average Bonchev–Trinajstić information content (AvgIpc) is 3.03. The van der Waals surface area contributed by atoms with E-state index in [0.717, 1.165) is 5.56 Å². The van der Waals surface area contributed by atoms with Crippen LogP contribution in [0.4, 0.5) is 15.8 Å². The van der Waals surface area contributed by atoms with Crippen molar-refractivity contribution in [3.05, 3.63) is 101 Å². The minimum atomic E-state index is -0.444. The van der Waals surface area contributed by atoms with Crippen LogP contribution in [0.2, 0.25) is 0 Å². The normalized spacial score (nSPS) is 14.4. The molecule has 0 radical (unpaired) electrons. The molecule has 1 heterocycles. The van der Waals surface area contributed by atoms with E-state index in [9.17, 15) is 14.0 Å². The zero-order chi connectivity index (χ0) is 24.6. The van der Waals surface area contributed by atoms with E-state index in [1.165, 1.54) is 34.7 Å². The largest absolute Gasteiger partial charge is 0.350 e. The van der Waals surface area contributed by atoms with Crippen molar-refractivity contribution < 1.29 is 14.0 Å². The van der Waals surface area contributed by atoms with Crippen molar-refractivity contribution in [3.63, 3.8) is 0 Å². The summed E-state index contributed by atoms with van der Waals surface area (Å²) < 4.78 is 13.6. The van der Waals surface area contributed by atoms with Gasteiger partial charge in [0, 0.05) is 5.69 Å². The number of benzene rings is 3. The molecule has 0 aliphatic carbocycles. The van der Waals surface area contributed by atoms with E-state index >= 15 is 0 Å². The van der Waals surface area contributed by atoms with Crippen LogP contribution < -0.4 is 10.2 Å². The number of halogens is 1. The van der Waals surface area contributed by atoms with Crippen LogP contribution in [0.3, 0.4) is 0 Å². The zero-order valence-corrected chi connectivity index (χ0v) is 20.1. The average molecular weight is 457 g/mol. The van der Waals surface area contributed by atoms with E-state index < -0.39 is 17.6 Å². The lowest BCUT2D eigenvalue weighted by atomic mass is 9.87. The van der Waals surface area contributed by atoms with Gasteiger partial charge in [-0.15, -0.1) is 0 Å². The summed E-state index contributed by atoms with van der Waals surface area (Å²) in [5.41, 5.74) is 4.30. The fraction of sp³-hybridized carbons (Fsp3) is 0.241. The molecular formula is C29H29FN2O2. The van der Waals surface area contributed by atoms with E-state index in [4.69, 9.17) is 0 Å². The standard InChI is InChI=1S/C29H29FN2O2/c1-18(2)19-8-14-23(15-9-19)31-26-25(20-6-12-22(30)13-7-20)27(33)32(28(26)34)24-16-10-21(11-17-24)29(3,4)5/h6-18,31H,1-5H3. The van der Waals surface area contributed by atoms with Crippen molar-refractivity contribution in [1.29, 1.82) is 0 Å². The van der Waals surface area contributed by atoms with Gasteiger partial charge in [0.25, 0.3) is 11.8 Å². The molecule has 0 unspecified atom stereocenters. The second-order valence-electron chi connectivity index (χ2n) is 9.90. The number of carbonyl (C=O) groups excluding carboxylic acids is 2. The monoisotopic (exact) mass is 456 g/mol. The molecule has 4 nitrogen and oxygen atoms in total. The molecule has 5 heteroatoms. The second kappa shape index (κ2) is 8.90. The molecule has 1 N–H and O–H groups in total. The van der Waals surface area contributed by atoms with Gasteiger partial charge in [-0.05, 0) is 64.4 Å². The molecule has 0 atom stereocenters. The predicted molar refractivity (Wildman–Crippen MR) is 135 cm³/mol. The van der Waals surface area contributed by atoms with Crippen LogP contribution >= 0.6 is 0 Å². The highest BCUT2D eigenvalue weighted by Gasteiger charge is 2.40. The molecule has 0 saturated carbocycles. The topological polar surface area (TPSA) is 49.4 Å². The summed E-state index contributed by atoms with van der Waals surface area (Å²) in [6, 6.07) is 20.8. The number of hydrogen-bond acceptors (Lipinski definition) is 3. The molecule has 3 aromatic carbocycles. The van der Waals surface area contributed by atoms with Gasteiger partial charge in [0.1, 0.15) is 11.5 Å². The van der Waals surface area contributed by atoms with Gasteiger partial charge in [-0.25, -0.2) is 9.29 Å². The number of rotatable bonds is 5. The summed E-state index contributed by atoms with van der Waals surface area (Å²) in [5, 5.41) is 3.16. The Morgan fingerprint density at radius 3 is 1.91 bits per heavy atom. The smallest absolute Gasteiger partial charge is 0.282 e. The van der Waals surface area contributed by atoms with Crippen molar-refractivity contribution in [1.82, 2.24) is 0 Å². The molecule has 0 saturated heterocycles. The number of carbonyl (C=O) groups is 2. The fourth-order valence-electron chi connectivity index (χ4n) is 3.97. The first-order chi connectivity index (χ1) is 16.1. The Hall–Kier alpha value is -3.73. The number of nitrogens with one attached hydrogen (secondary N) is 1. The number of imide groups is 1. The van der Waals surface area contributed by atoms with E-state index in [2.05, 4.69) is 39.9 Å². The van der Waals surface area contributed by atoms with Gasteiger partial charge in [0.2, 0.25) is 0 Å². The summed E-state index contributed by atoms with van der Waals surface area (Å²) in [5.74, 6) is -0.916. The molecule has 1 aliphatic heterocycles. The van der Waals surface area contributed by atoms with Crippen LogP contribution in [0, 0.1) is 5.82 Å². The molecular weight excluding hydrogens is 427 g/mol. The van der Waals surface area contributed by atoms with E-state index in [-0.39, 0.29) is 16.7 Å². The van der Waals surface area contributed by atoms with Crippen molar-refractivity contribution in [3.8, 4) is 0 Å². The Balaban J connectivity index is 1.75. The van der Waals surface area contributed by atoms with Gasteiger partial charge in [-0.3, -0.25) is 9.59 Å². The third-order valence-corrected chi connectivity index (χ3v) is 6.06. The van der Waals surface area contributed by atoms with Crippen LogP contribution in [-0.2, 0) is 15.0 Å². The summed E-state index contributed by atoms with van der Waals surface area (Å²) in [6.07, 6.45) is 0. The maximum Gasteiger partial charge on any atom is 0.282 e. The summed E-state index contributed by atoms with van der Waals surface area (Å²) in [6.45, 7) is 10.5. The lowest BCUT2D eigenvalue weighted by molar-refractivity contribution is -0.120. The van der Waals surface area contributed by atoms with E-state index in [1.807, 2.05) is 36.4 Å². The summed E-state index contributed by atoms with van der Waals surface area (Å²) in [4.78, 5) is 28.3. The van der Waals surface area contributed by atoms with Gasteiger partial charge in [0.15, 0.2) is 0 Å². The molecule has 3 aromatic rings. The number of anilines is 2. The molecule has 0 fully saturated rings. The van der Waals surface area contributed by atoms with Gasteiger partial charge in [0.05, 0.1) is 11.3 Å². The van der Waals surface area contributed by atoms with Crippen molar-refractivity contribution in [2.75, 3.05) is 10.2 Å². The Morgan fingerprint density at radius 1 is 0.794 bits per heavy atom. The molecule has 2 amide bonds. The second-order valence-corrected chi connectivity index (χ2v) is 9.90. The van der Waals surface area contributed by atoms with Crippen LogP contribution in [0.25, 0.3) is 5.57 Å². The molecule has 4 rings (SSSR count). The van der Waals surface area contributed by atoms with Crippen LogP contribution in [-0.4, -0.2) is 11.8 Å². The molecule has 0 bridgehead atoms. The Bertz CT molecular complexity index is 1250. The number of amides is 2. The van der Waals surface area contributed by atoms with Crippen LogP contribution in [0.1, 0.15) is 57.2 Å². The maximum atomic E-state index is 13.6. The van der Waals surface area contributed by atoms with Gasteiger partial charge >= 0.3 is 0 Å². The fourth-order valence-corrected chi connectivity index (χ4v) is 3.97. The molecule has 174 valence electrons. The minimum absolute atomic E-state index is 0.0516. The van der Waals surface area contributed by atoms with Crippen molar-refractivity contribution >= 4 is 28.8 Å². The highest BCUT2D eigenvalue weighted by molar-refractivity contribution is 6.46. The lowest BCUT2D eigenvalue weighted by Gasteiger charge is -2.21. The molecule has 0 spiro atoms. The van der Waals surface area contributed by atoms with Crippen molar-refractivity contribution in [2.24, 2.45) is 0 Å². The molecule has 1 aliphatic rings. The molecule has 0 aromatic heterocycles. The highest BCUT2D eigenvalue weighted by Crippen LogP contribution is 2.35. The highest BCUT2D eigenvalue weighted by atomic mass is 19.1. The lowest BCUT2D eigenvalue weighted by Crippen LogP contribution is -2.32. The minimum Gasteiger partial charge on any atom is -0.350 e. The maximum absolute atomic E-state index is 13.6. The van der Waals surface area contributed by atoms with E-state index in [1.54, 1.807) is 12.1 Å². The third-order valence-electron chi connectivity index (χ3n) is 6.06. The quantitative estimate of drug-likeness (QED) is 0.438. The first-order valence-electron chi connectivity index (χ1n) is 11.4. The molecule has 34 heavy (non-hydrogen) atoms. The summed E-state index contributed by atoms with van der Waals surface area (Å²) >= 11 is 0.